The lowest BCUT2D eigenvalue weighted by Crippen LogP contribution is -2.38. The molecule has 0 aliphatic rings. The number of carbonyl (C=O) groups excluding carboxylic acids is 2. The van der Waals surface area contributed by atoms with Gasteiger partial charge in [-0.1, -0.05) is 35.9 Å². The largest absolute Gasteiger partial charge is 0.493 e. The number of hydrogen-bond acceptors (Lipinski definition) is 5. The number of methoxy groups -OCH3 is 2. The highest BCUT2D eigenvalue weighted by Crippen LogP contribution is 2.27. The molecule has 27 heavy (non-hydrogen) atoms. The Morgan fingerprint density at radius 1 is 1.00 bits per heavy atom. The van der Waals surface area contributed by atoms with Gasteiger partial charge >= 0.3 is 11.8 Å². The Labute approximate surface area is 158 Å². The van der Waals surface area contributed by atoms with E-state index in [4.69, 9.17) is 9.47 Å². The summed E-state index contributed by atoms with van der Waals surface area (Å²) in [5.41, 5.74) is 5.12. The first-order chi connectivity index (χ1) is 13.0. The fourth-order valence-corrected chi connectivity index (χ4v) is 2.31. The molecule has 7 heteroatoms. The minimum Gasteiger partial charge on any atom is -0.493 e. The number of ether oxygens (including phenoxy) is 2. The van der Waals surface area contributed by atoms with Gasteiger partial charge in [-0.25, -0.2) is 5.43 Å². The number of rotatable bonds is 7. The fraction of sp³-hybridized carbons (Fsp3) is 0.250. The molecule has 142 valence electrons. The van der Waals surface area contributed by atoms with Gasteiger partial charge in [0.1, 0.15) is 0 Å². The molecule has 0 aromatic heterocycles. The Bertz CT molecular complexity index is 816. The van der Waals surface area contributed by atoms with Gasteiger partial charge in [0.25, 0.3) is 0 Å². The quantitative estimate of drug-likeness (QED) is 0.443. The lowest BCUT2D eigenvalue weighted by molar-refractivity contribution is -0.139. The maximum Gasteiger partial charge on any atom is 0.329 e. The molecular weight excluding hydrogens is 346 g/mol. The highest BCUT2D eigenvalue weighted by molar-refractivity contribution is 6.35. The van der Waals surface area contributed by atoms with Gasteiger partial charge in [-0.3, -0.25) is 9.59 Å². The molecule has 0 fully saturated rings. The minimum atomic E-state index is -0.814. The molecule has 0 aliphatic heterocycles. The third-order valence-electron chi connectivity index (χ3n) is 3.81. The normalized spacial score (nSPS) is 10.5. The Morgan fingerprint density at radius 2 is 1.70 bits per heavy atom. The predicted molar refractivity (Wildman–Crippen MR) is 103 cm³/mol. The summed E-state index contributed by atoms with van der Waals surface area (Å²) in [6.07, 6.45) is 2.03. The van der Waals surface area contributed by atoms with Crippen molar-refractivity contribution >= 4 is 18.0 Å². The molecule has 0 radical (unpaired) electrons. The van der Waals surface area contributed by atoms with E-state index in [-0.39, 0.29) is 0 Å². The topological polar surface area (TPSA) is 89.0 Å². The van der Waals surface area contributed by atoms with Crippen LogP contribution in [-0.4, -0.2) is 38.8 Å². The van der Waals surface area contributed by atoms with Crippen LogP contribution in [0.5, 0.6) is 11.5 Å². The van der Waals surface area contributed by atoms with Crippen LogP contribution in [0.3, 0.4) is 0 Å². The van der Waals surface area contributed by atoms with E-state index in [0.29, 0.717) is 24.5 Å². The summed E-state index contributed by atoms with van der Waals surface area (Å²) in [6, 6.07) is 13.1. The fourth-order valence-electron chi connectivity index (χ4n) is 2.31. The number of benzene rings is 2. The van der Waals surface area contributed by atoms with Crippen molar-refractivity contribution in [3.05, 3.63) is 59.2 Å². The summed E-state index contributed by atoms with van der Waals surface area (Å²) in [7, 11) is 3.13. The van der Waals surface area contributed by atoms with Gasteiger partial charge in [0.15, 0.2) is 11.5 Å². The van der Waals surface area contributed by atoms with Crippen LogP contribution in [0.1, 0.15) is 16.7 Å². The second kappa shape index (κ2) is 9.96. The van der Waals surface area contributed by atoms with Crippen LogP contribution >= 0.6 is 0 Å². The van der Waals surface area contributed by atoms with Gasteiger partial charge in [-0.2, -0.15) is 5.10 Å². The molecule has 0 spiro atoms. The zero-order chi connectivity index (χ0) is 19.6. The third kappa shape index (κ3) is 6.14. The molecule has 2 N–H and O–H groups in total. The summed E-state index contributed by atoms with van der Waals surface area (Å²) in [4.78, 5) is 23.5. The van der Waals surface area contributed by atoms with Crippen LogP contribution in [0.25, 0.3) is 0 Å². The van der Waals surface area contributed by atoms with Crippen molar-refractivity contribution in [2.75, 3.05) is 20.8 Å². The van der Waals surface area contributed by atoms with Crippen molar-refractivity contribution in [2.24, 2.45) is 5.10 Å². The number of amides is 2. The summed E-state index contributed by atoms with van der Waals surface area (Å²) in [6.45, 7) is 2.29. The Hall–Kier alpha value is -3.35. The number of nitrogens with one attached hydrogen (secondary N) is 2. The highest BCUT2D eigenvalue weighted by Gasteiger charge is 2.12. The van der Waals surface area contributed by atoms with Crippen LogP contribution in [0.4, 0.5) is 0 Å². The van der Waals surface area contributed by atoms with Crippen LogP contribution in [-0.2, 0) is 16.0 Å². The summed E-state index contributed by atoms with van der Waals surface area (Å²) in [5.74, 6) is -0.303. The summed E-state index contributed by atoms with van der Waals surface area (Å²) in [5, 5.41) is 6.34. The van der Waals surface area contributed by atoms with Crippen molar-refractivity contribution < 1.29 is 19.1 Å². The zero-order valence-electron chi connectivity index (χ0n) is 15.6. The van der Waals surface area contributed by atoms with E-state index >= 15 is 0 Å². The van der Waals surface area contributed by atoms with Crippen LogP contribution < -0.4 is 20.2 Å². The number of hydrazone groups is 1. The molecule has 0 unspecified atom stereocenters. The van der Waals surface area contributed by atoms with Gasteiger partial charge in [-0.15, -0.1) is 0 Å². The highest BCUT2D eigenvalue weighted by atomic mass is 16.5. The van der Waals surface area contributed by atoms with Crippen molar-refractivity contribution in [3.63, 3.8) is 0 Å². The van der Waals surface area contributed by atoms with Crippen molar-refractivity contribution in [3.8, 4) is 11.5 Å². The molecule has 2 rings (SSSR count). The zero-order valence-corrected chi connectivity index (χ0v) is 15.6. The summed E-state index contributed by atoms with van der Waals surface area (Å²) < 4.78 is 10.4. The molecule has 2 aromatic carbocycles. The van der Waals surface area contributed by atoms with Crippen molar-refractivity contribution in [1.29, 1.82) is 0 Å². The van der Waals surface area contributed by atoms with Crippen LogP contribution in [0, 0.1) is 6.92 Å². The first kappa shape index (κ1) is 20.0. The molecule has 0 atom stereocenters. The number of hydrogen-bond donors (Lipinski definition) is 2. The van der Waals surface area contributed by atoms with E-state index in [1.54, 1.807) is 20.3 Å². The van der Waals surface area contributed by atoms with Crippen LogP contribution in [0.15, 0.2) is 47.6 Å². The minimum absolute atomic E-state index is 0.309. The average Bonchev–Trinajstić information content (AvgIpc) is 2.69. The SMILES string of the molecule is COc1ccc(CCNC(=O)C(=O)N/N=C\c2ccc(C)cc2)cc1OC. The predicted octanol–water partition coefficient (Wildman–Crippen LogP) is 1.82. The Morgan fingerprint density at radius 3 is 2.37 bits per heavy atom. The molecule has 2 amide bonds. The van der Waals surface area contributed by atoms with E-state index in [9.17, 15) is 9.59 Å². The monoisotopic (exact) mass is 369 g/mol. The average molecular weight is 369 g/mol. The van der Waals surface area contributed by atoms with Crippen LogP contribution in [0.2, 0.25) is 0 Å². The standard InChI is InChI=1S/C20H23N3O4/c1-14-4-6-16(7-5-14)13-22-23-20(25)19(24)21-11-10-15-8-9-17(26-2)18(12-15)27-3/h4-9,12-13H,10-11H2,1-3H3,(H,21,24)(H,23,25)/b22-13-. The lowest BCUT2D eigenvalue weighted by Gasteiger charge is -2.10. The van der Waals surface area contributed by atoms with E-state index in [2.05, 4.69) is 15.8 Å². The maximum absolute atomic E-state index is 11.8. The van der Waals surface area contributed by atoms with Gasteiger partial charge < -0.3 is 14.8 Å². The number of carbonyl (C=O) groups is 2. The second-order valence-electron chi connectivity index (χ2n) is 5.81. The molecule has 0 heterocycles. The second-order valence-corrected chi connectivity index (χ2v) is 5.81. The maximum atomic E-state index is 11.8. The molecular formula is C20H23N3O4. The Kier molecular flexibility index (Phi) is 7.37. The Balaban J connectivity index is 1.78. The van der Waals surface area contributed by atoms with E-state index < -0.39 is 11.8 Å². The number of nitrogens with zero attached hydrogens (tertiary/aromatic N) is 1. The third-order valence-corrected chi connectivity index (χ3v) is 3.81. The molecule has 0 saturated heterocycles. The number of aryl methyl sites for hydroxylation is 1. The van der Waals surface area contributed by atoms with Gasteiger partial charge in [0.05, 0.1) is 20.4 Å². The smallest absolute Gasteiger partial charge is 0.329 e. The van der Waals surface area contributed by atoms with E-state index in [1.165, 1.54) is 6.21 Å². The molecule has 2 aromatic rings. The lowest BCUT2D eigenvalue weighted by atomic mass is 10.1. The molecule has 0 saturated carbocycles. The summed E-state index contributed by atoms with van der Waals surface area (Å²) >= 11 is 0. The van der Waals surface area contributed by atoms with Gasteiger partial charge in [-0.05, 0) is 36.6 Å². The molecule has 7 nitrogen and oxygen atoms in total. The van der Waals surface area contributed by atoms with E-state index in [1.807, 2.05) is 43.3 Å². The first-order valence-corrected chi connectivity index (χ1v) is 8.42. The van der Waals surface area contributed by atoms with Crippen molar-refractivity contribution in [1.82, 2.24) is 10.7 Å². The van der Waals surface area contributed by atoms with Crippen molar-refractivity contribution in [2.45, 2.75) is 13.3 Å². The van der Waals surface area contributed by atoms with E-state index in [0.717, 1.165) is 16.7 Å². The first-order valence-electron chi connectivity index (χ1n) is 8.42. The molecule has 0 bridgehead atoms. The van der Waals surface area contributed by atoms with Gasteiger partial charge in [0.2, 0.25) is 0 Å². The molecule has 0 aliphatic carbocycles. The van der Waals surface area contributed by atoms with Gasteiger partial charge in [0, 0.05) is 6.54 Å².